The zero-order chi connectivity index (χ0) is 23.1. The zero-order valence-electron chi connectivity index (χ0n) is 19.0. The van der Waals surface area contributed by atoms with Crippen molar-refractivity contribution in [2.75, 3.05) is 0 Å². The second-order valence-electron chi connectivity index (χ2n) is 8.51. The molecule has 0 spiro atoms. The van der Waals surface area contributed by atoms with Crippen LogP contribution in [0.25, 0.3) is 33.5 Å². The first-order chi connectivity index (χ1) is 16.7. The van der Waals surface area contributed by atoms with Crippen molar-refractivity contribution >= 4 is 22.7 Å². The molecule has 5 aromatic rings. The fourth-order valence-electron chi connectivity index (χ4n) is 4.11. The van der Waals surface area contributed by atoms with Crippen molar-refractivity contribution in [3.63, 3.8) is 0 Å². The average molecular weight is 469 g/mol. The standard InChI is InChI=1S/C26H24N6OS/c1-3-32-24(29-30-26(32)34-16(2)25-28-23(31-33-25)18-13-14-18)20-15-22(17-9-5-4-6-10-17)27-21-12-8-7-11-19(20)21/h4-12,15-16,18H,3,13-14H2,1-2H3. The molecule has 7 nitrogen and oxygen atoms in total. The number of thioether (sulfide) groups is 1. The molecular weight excluding hydrogens is 444 g/mol. The van der Waals surface area contributed by atoms with Gasteiger partial charge in [-0.1, -0.05) is 65.4 Å². The van der Waals surface area contributed by atoms with Crippen LogP contribution in [0.2, 0.25) is 0 Å². The van der Waals surface area contributed by atoms with Crippen molar-refractivity contribution in [3.8, 4) is 22.6 Å². The molecule has 1 aliphatic carbocycles. The molecule has 1 aliphatic rings. The molecule has 34 heavy (non-hydrogen) atoms. The van der Waals surface area contributed by atoms with E-state index >= 15 is 0 Å². The Morgan fingerprint density at radius 2 is 1.82 bits per heavy atom. The van der Waals surface area contributed by atoms with Gasteiger partial charge in [0.15, 0.2) is 16.8 Å². The van der Waals surface area contributed by atoms with E-state index in [9.17, 15) is 0 Å². The van der Waals surface area contributed by atoms with Gasteiger partial charge in [0.1, 0.15) is 0 Å². The van der Waals surface area contributed by atoms with Gasteiger partial charge in [0.25, 0.3) is 0 Å². The summed E-state index contributed by atoms with van der Waals surface area (Å²) in [6, 6.07) is 20.5. The maximum absolute atomic E-state index is 5.54. The van der Waals surface area contributed by atoms with E-state index in [1.165, 1.54) is 0 Å². The minimum atomic E-state index is -0.0172. The topological polar surface area (TPSA) is 82.5 Å². The minimum absolute atomic E-state index is 0.0172. The van der Waals surface area contributed by atoms with Gasteiger partial charge < -0.3 is 9.09 Å². The molecule has 0 radical (unpaired) electrons. The Bertz CT molecular complexity index is 1460. The Hall–Kier alpha value is -3.52. The van der Waals surface area contributed by atoms with E-state index < -0.39 is 0 Å². The van der Waals surface area contributed by atoms with Gasteiger partial charge in [-0.05, 0) is 38.8 Å². The third-order valence-electron chi connectivity index (χ3n) is 6.09. The van der Waals surface area contributed by atoms with Gasteiger partial charge in [0, 0.05) is 29.0 Å². The van der Waals surface area contributed by atoms with E-state index in [0.717, 1.165) is 63.9 Å². The number of rotatable bonds is 7. The van der Waals surface area contributed by atoms with Gasteiger partial charge >= 0.3 is 0 Å². The van der Waals surface area contributed by atoms with Crippen LogP contribution in [0.3, 0.4) is 0 Å². The molecule has 0 bridgehead atoms. The highest BCUT2D eigenvalue weighted by atomic mass is 32.2. The summed E-state index contributed by atoms with van der Waals surface area (Å²) in [5.74, 6) is 2.77. The number of para-hydroxylation sites is 1. The highest BCUT2D eigenvalue weighted by Gasteiger charge is 2.30. The van der Waals surface area contributed by atoms with E-state index in [-0.39, 0.29) is 5.25 Å². The molecule has 1 fully saturated rings. The average Bonchev–Trinajstić information content (AvgIpc) is 3.47. The molecule has 3 heterocycles. The fraction of sp³-hybridized carbons (Fsp3) is 0.269. The monoisotopic (exact) mass is 468 g/mol. The first-order valence-corrected chi connectivity index (χ1v) is 12.5. The Kier molecular flexibility index (Phi) is 5.37. The molecule has 1 atom stereocenters. The first kappa shape index (κ1) is 21.0. The maximum Gasteiger partial charge on any atom is 0.239 e. The molecule has 0 saturated heterocycles. The smallest absolute Gasteiger partial charge is 0.239 e. The van der Waals surface area contributed by atoms with E-state index in [4.69, 9.17) is 9.51 Å². The highest BCUT2D eigenvalue weighted by molar-refractivity contribution is 7.99. The summed E-state index contributed by atoms with van der Waals surface area (Å²) in [6.07, 6.45) is 2.30. The van der Waals surface area contributed by atoms with Crippen molar-refractivity contribution in [3.05, 3.63) is 72.4 Å². The summed E-state index contributed by atoms with van der Waals surface area (Å²) in [5, 5.41) is 15.2. The van der Waals surface area contributed by atoms with Gasteiger partial charge in [0.05, 0.1) is 16.5 Å². The van der Waals surface area contributed by atoms with E-state index in [1.54, 1.807) is 11.8 Å². The number of hydrogen-bond acceptors (Lipinski definition) is 7. The summed E-state index contributed by atoms with van der Waals surface area (Å²) in [5.41, 5.74) is 3.95. The van der Waals surface area contributed by atoms with Gasteiger partial charge in [0.2, 0.25) is 5.89 Å². The van der Waals surface area contributed by atoms with Crippen LogP contribution in [-0.4, -0.2) is 29.9 Å². The molecule has 1 unspecified atom stereocenters. The van der Waals surface area contributed by atoms with Crippen molar-refractivity contribution in [2.45, 2.75) is 49.6 Å². The number of benzene rings is 2. The van der Waals surface area contributed by atoms with E-state index in [0.29, 0.717) is 11.8 Å². The second kappa shape index (κ2) is 8.68. The van der Waals surface area contributed by atoms with Crippen molar-refractivity contribution in [2.24, 2.45) is 0 Å². The van der Waals surface area contributed by atoms with Gasteiger partial charge in [-0.2, -0.15) is 4.98 Å². The predicted octanol–water partition coefficient (Wildman–Crippen LogP) is 6.29. The van der Waals surface area contributed by atoms with Crippen LogP contribution >= 0.6 is 11.8 Å². The maximum atomic E-state index is 5.54. The molecule has 1 saturated carbocycles. The van der Waals surface area contributed by atoms with Crippen LogP contribution in [0.5, 0.6) is 0 Å². The summed E-state index contributed by atoms with van der Waals surface area (Å²) < 4.78 is 7.69. The lowest BCUT2D eigenvalue weighted by Crippen LogP contribution is -2.02. The summed E-state index contributed by atoms with van der Waals surface area (Å²) in [4.78, 5) is 9.52. The number of nitrogens with zero attached hydrogens (tertiary/aromatic N) is 6. The number of pyridine rings is 1. The Morgan fingerprint density at radius 1 is 1.03 bits per heavy atom. The Balaban J connectivity index is 1.39. The molecule has 0 N–H and O–H groups in total. The third-order valence-corrected chi connectivity index (χ3v) is 7.16. The van der Waals surface area contributed by atoms with Crippen LogP contribution in [-0.2, 0) is 6.54 Å². The molecule has 0 amide bonds. The molecule has 170 valence electrons. The molecular formula is C26H24N6OS. The molecule has 0 aliphatic heterocycles. The highest BCUT2D eigenvalue weighted by Crippen LogP contribution is 2.41. The van der Waals surface area contributed by atoms with Crippen molar-refractivity contribution < 1.29 is 4.52 Å². The largest absolute Gasteiger partial charge is 0.338 e. The number of aromatic nitrogens is 6. The van der Waals surface area contributed by atoms with Crippen LogP contribution in [0, 0.1) is 0 Å². The van der Waals surface area contributed by atoms with E-state index in [1.807, 2.05) is 36.4 Å². The Morgan fingerprint density at radius 3 is 2.62 bits per heavy atom. The Labute approximate surface area is 201 Å². The second-order valence-corrected chi connectivity index (χ2v) is 9.82. The van der Waals surface area contributed by atoms with Gasteiger partial charge in [-0.3, -0.25) is 0 Å². The fourth-order valence-corrected chi connectivity index (χ4v) is 5.05. The molecule has 8 heteroatoms. The summed E-state index contributed by atoms with van der Waals surface area (Å²) in [7, 11) is 0. The minimum Gasteiger partial charge on any atom is -0.338 e. The van der Waals surface area contributed by atoms with Crippen LogP contribution in [0.4, 0.5) is 0 Å². The zero-order valence-corrected chi connectivity index (χ0v) is 19.9. The number of hydrogen-bond donors (Lipinski definition) is 0. The normalized spacial score (nSPS) is 14.5. The SMILES string of the molecule is CCn1c(SC(C)c2nc(C3CC3)no2)nnc1-c1cc(-c2ccccc2)nc2ccccc12. The quantitative estimate of drug-likeness (QED) is 0.259. The van der Waals surface area contributed by atoms with Gasteiger partial charge in [-0.25, -0.2) is 4.98 Å². The molecule has 3 aromatic heterocycles. The lowest BCUT2D eigenvalue weighted by atomic mass is 10.0. The van der Waals surface area contributed by atoms with Crippen LogP contribution < -0.4 is 0 Å². The van der Waals surface area contributed by atoms with E-state index in [2.05, 4.69) is 63.0 Å². The molecule has 6 rings (SSSR count). The van der Waals surface area contributed by atoms with Crippen molar-refractivity contribution in [1.82, 2.24) is 29.9 Å². The lowest BCUT2D eigenvalue weighted by molar-refractivity contribution is 0.374. The van der Waals surface area contributed by atoms with Gasteiger partial charge in [-0.15, -0.1) is 10.2 Å². The predicted molar refractivity (Wildman–Crippen MR) is 132 cm³/mol. The summed E-state index contributed by atoms with van der Waals surface area (Å²) in [6.45, 7) is 4.92. The summed E-state index contributed by atoms with van der Waals surface area (Å²) >= 11 is 1.59. The van der Waals surface area contributed by atoms with Crippen LogP contribution in [0.15, 0.2) is 70.3 Å². The number of fused-ring (bicyclic) bond motifs is 1. The van der Waals surface area contributed by atoms with Crippen molar-refractivity contribution in [1.29, 1.82) is 0 Å². The molecule has 2 aromatic carbocycles. The first-order valence-electron chi connectivity index (χ1n) is 11.6. The third kappa shape index (κ3) is 3.88. The van der Waals surface area contributed by atoms with Crippen LogP contribution in [0.1, 0.15) is 49.6 Å². The lowest BCUT2D eigenvalue weighted by Gasteiger charge is -2.12.